The third kappa shape index (κ3) is 19.7. The molecule has 0 aliphatic rings. The second kappa shape index (κ2) is 28.5. The largest absolute Gasteiger partial charge is 2.00 e. The van der Waals surface area contributed by atoms with Gasteiger partial charge in [-0.05, 0) is 0 Å². The van der Waals surface area contributed by atoms with Gasteiger partial charge in [-0.1, -0.05) is 0 Å². The van der Waals surface area contributed by atoms with Crippen LogP contribution in [0.15, 0.2) is 0 Å². The topological polar surface area (TPSA) is 23.8 Å². The molecule has 0 atom stereocenters. The Morgan fingerprint density at radius 2 is 1.40 bits per heavy atom. The van der Waals surface area contributed by atoms with Crippen LogP contribution in [-0.4, -0.2) is 37.7 Å². The van der Waals surface area contributed by atoms with E-state index in [0.717, 1.165) is 0 Å². The van der Waals surface area contributed by atoms with Crippen LogP contribution in [0.3, 0.4) is 0 Å². The van der Waals surface area contributed by atoms with Crippen LogP contribution in [0.4, 0.5) is 0 Å². The Bertz CT molecular complexity index is 24.0. The van der Waals surface area contributed by atoms with Crippen LogP contribution in [0, 0.1) is 11.8 Å². The first-order chi connectivity index (χ1) is 1.00. The van der Waals surface area contributed by atoms with E-state index in [-0.39, 0.29) is 110 Å². The van der Waals surface area contributed by atoms with Crippen molar-refractivity contribution in [2.24, 2.45) is 0 Å². The fraction of sp³-hybridized carbons (Fsp3) is 0. The summed E-state index contributed by atoms with van der Waals surface area (Å²) in [6, 6.07) is 0. The third-order valence-electron chi connectivity index (χ3n) is 0. The minimum Gasteiger partial charge on any atom is -1.00 e. The van der Waals surface area contributed by atoms with Crippen LogP contribution in [0.1, 0.15) is 4.28 Å². The van der Waals surface area contributed by atoms with E-state index < -0.39 is 0 Å². The molecule has 0 N–H and O–H groups in total. The summed E-state index contributed by atoms with van der Waals surface area (Å²) in [4.78, 5) is 0. The predicted molar refractivity (Wildman–Crippen MR) is 14.1 cm³/mol. The van der Waals surface area contributed by atoms with Gasteiger partial charge >= 0.3 is 89.1 Å². The molecule has 0 fully saturated rings. The zero-order valence-corrected chi connectivity index (χ0v) is 9.44. The SMILES string of the molecule is [C-]#N.[Ca+2].[Fe].[H-].[H-].[H-].[K+]. The maximum absolute atomic E-state index is 6.25. The van der Waals surface area contributed by atoms with Gasteiger partial charge in [0.05, 0.1) is 0 Å². The first-order valence-corrected chi connectivity index (χ1v) is 0.224. The maximum atomic E-state index is 6.25. The van der Waals surface area contributed by atoms with Gasteiger partial charge in [-0.3, -0.25) is 0 Å². The molecule has 0 amide bonds. The molecule has 0 heterocycles. The molecule has 0 aromatic heterocycles. The molecular formula is CH3CaFeKN-. The molecule has 4 heteroatoms. The van der Waals surface area contributed by atoms with Crippen LogP contribution >= 0.6 is 0 Å². The third-order valence-corrected chi connectivity index (χ3v) is 0. The second-order valence-electron chi connectivity index (χ2n) is 0. The Morgan fingerprint density at radius 1 is 1.40 bits per heavy atom. The van der Waals surface area contributed by atoms with Crippen molar-refractivity contribution in [3.63, 3.8) is 0 Å². The van der Waals surface area contributed by atoms with Crippen LogP contribution in [-0.2, 0) is 17.1 Å². The van der Waals surface area contributed by atoms with Crippen LogP contribution in [0.25, 0.3) is 0 Å². The zero-order valence-electron chi connectivity index (χ0n) is 6.01. The minimum absolute atomic E-state index is 0. The van der Waals surface area contributed by atoms with Gasteiger partial charge in [0, 0.05) is 17.1 Å². The molecule has 1 nitrogen and oxygen atoms in total. The summed E-state index contributed by atoms with van der Waals surface area (Å²) in [5.41, 5.74) is 0. The van der Waals surface area contributed by atoms with Crippen molar-refractivity contribution < 1.29 is 72.7 Å². The number of hydrogen-bond acceptors (Lipinski definition) is 1. The Morgan fingerprint density at radius 3 is 1.40 bits per heavy atom. The Balaban J connectivity index is -0.000000000333. The zero-order chi connectivity index (χ0) is 2.00. The molecule has 0 saturated heterocycles. The summed E-state index contributed by atoms with van der Waals surface area (Å²) in [5.74, 6) is 0. The van der Waals surface area contributed by atoms with Gasteiger partial charge in [0.1, 0.15) is 0 Å². The summed E-state index contributed by atoms with van der Waals surface area (Å²) in [6.45, 7) is 4.75. The van der Waals surface area contributed by atoms with E-state index in [0.29, 0.717) is 0 Å². The van der Waals surface area contributed by atoms with Gasteiger partial charge in [-0.15, -0.1) is 0 Å². The summed E-state index contributed by atoms with van der Waals surface area (Å²) >= 11 is 0. The predicted octanol–water partition coefficient (Wildman–Crippen LogP) is -2.95. The number of nitrogens with zero attached hydrogens (tertiary/aromatic N) is 1. The normalized spacial score (nSPS) is 0.400. The molecule has 5 heavy (non-hydrogen) atoms. The summed E-state index contributed by atoms with van der Waals surface area (Å²) in [7, 11) is 0. The molecule has 0 saturated carbocycles. The smallest absolute Gasteiger partial charge is 1.00 e. The minimum atomic E-state index is 0. The van der Waals surface area contributed by atoms with Crippen molar-refractivity contribution in [1.29, 1.82) is 5.26 Å². The van der Waals surface area contributed by atoms with Crippen LogP contribution in [0.2, 0.25) is 0 Å². The van der Waals surface area contributed by atoms with E-state index in [1.807, 2.05) is 0 Å². The van der Waals surface area contributed by atoms with Gasteiger partial charge in [-0.25, -0.2) is 0 Å². The van der Waals surface area contributed by atoms with Crippen molar-refractivity contribution in [2.75, 3.05) is 0 Å². The molecule has 0 aromatic carbocycles. The van der Waals surface area contributed by atoms with E-state index in [1.165, 1.54) is 0 Å². The Hall–Kier alpha value is 2.91. The van der Waals surface area contributed by atoms with Gasteiger partial charge < -0.3 is 16.1 Å². The fourth-order valence-corrected chi connectivity index (χ4v) is 0. The summed E-state index contributed by atoms with van der Waals surface area (Å²) in [6.07, 6.45) is 0. The van der Waals surface area contributed by atoms with E-state index in [1.54, 1.807) is 0 Å². The van der Waals surface area contributed by atoms with Crippen LogP contribution < -0.4 is 51.4 Å². The van der Waals surface area contributed by atoms with E-state index in [4.69, 9.17) is 11.8 Å². The maximum Gasteiger partial charge on any atom is 2.00 e. The van der Waals surface area contributed by atoms with E-state index >= 15 is 0 Å². The molecule has 24 valence electrons. The van der Waals surface area contributed by atoms with Gasteiger partial charge in [0.25, 0.3) is 0 Å². The van der Waals surface area contributed by atoms with Crippen molar-refractivity contribution in [3.8, 4) is 0 Å². The Kier molecular flexibility index (Phi) is 141. The summed E-state index contributed by atoms with van der Waals surface area (Å²) in [5, 5.41) is 6.25. The second-order valence-corrected chi connectivity index (χ2v) is 0. The van der Waals surface area contributed by atoms with Crippen molar-refractivity contribution >= 4 is 37.7 Å². The van der Waals surface area contributed by atoms with Gasteiger partial charge in [0.15, 0.2) is 0 Å². The number of hydrogen-bond donors (Lipinski definition) is 0. The average molecular weight is 164 g/mol. The molecule has 0 radical (unpaired) electrons. The molecule has 0 bridgehead atoms. The van der Waals surface area contributed by atoms with Crippen molar-refractivity contribution in [3.05, 3.63) is 6.57 Å². The monoisotopic (exact) mass is 164 g/mol. The fourth-order valence-electron chi connectivity index (χ4n) is 0. The first-order valence-electron chi connectivity index (χ1n) is 0.224. The summed E-state index contributed by atoms with van der Waals surface area (Å²) < 4.78 is 0. The van der Waals surface area contributed by atoms with E-state index in [2.05, 4.69) is 0 Å². The Labute approximate surface area is 119 Å². The van der Waals surface area contributed by atoms with Crippen molar-refractivity contribution in [2.45, 2.75) is 0 Å². The van der Waals surface area contributed by atoms with Crippen LogP contribution in [0.5, 0.6) is 0 Å². The average Bonchev–Trinajstić information content (AvgIpc) is 1.00. The molecule has 0 aliphatic heterocycles. The molecule has 0 aliphatic carbocycles. The van der Waals surface area contributed by atoms with E-state index in [9.17, 15) is 0 Å². The molecular weight excluding hydrogens is 161 g/mol. The molecule has 0 rings (SSSR count). The molecule has 0 unspecified atom stereocenters. The quantitative estimate of drug-likeness (QED) is 0.277. The standard InChI is InChI=1S/CN.Ca.Fe.K.3H/c1-2;;;;;;/q-1;+2;;+1;3*-1. The van der Waals surface area contributed by atoms with Gasteiger partial charge in [0.2, 0.25) is 0 Å². The van der Waals surface area contributed by atoms with Gasteiger partial charge in [-0.2, -0.15) is 0 Å². The molecule has 0 aromatic rings. The first kappa shape index (κ1) is 24.7. The number of rotatable bonds is 0. The molecule has 0 spiro atoms. The van der Waals surface area contributed by atoms with Crippen molar-refractivity contribution in [1.82, 2.24) is 0 Å².